The van der Waals surface area contributed by atoms with E-state index in [4.69, 9.17) is 11.6 Å². The molecule has 2 heterocycles. The van der Waals surface area contributed by atoms with Crippen molar-refractivity contribution in [2.24, 2.45) is 0 Å². The first-order valence-corrected chi connectivity index (χ1v) is 6.12. The number of Topliss-reactive ketones (excluding diaryl/α,β-unsaturated/α-hetero) is 1. The number of pyridine rings is 1. The van der Waals surface area contributed by atoms with Gasteiger partial charge in [-0.1, -0.05) is 11.6 Å². The van der Waals surface area contributed by atoms with Crippen LogP contribution in [0.4, 0.5) is 0 Å². The van der Waals surface area contributed by atoms with E-state index in [9.17, 15) is 4.79 Å². The van der Waals surface area contributed by atoms with Gasteiger partial charge in [-0.3, -0.25) is 14.5 Å². The molecule has 0 aliphatic rings. The molecule has 0 spiro atoms. The fourth-order valence-electron chi connectivity index (χ4n) is 1.76. The first-order valence-electron chi connectivity index (χ1n) is 5.74. The molecule has 0 N–H and O–H groups in total. The van der Waals surface area contributed by atoms with E-state index in [2.05, 4.69) is 10.1 Å². The third kappa shape index (κ3) is 2.59. The summed E-state index contributed by atoms with van der Waals surface area (Å²) in [5, 5.41) is 4.53. The van der Waals surface area contributed by atoms with Crippen molar-refractivity contribution in [3.63, 3.8) is 0 Å². The van der Waals surface area contributed by atoms with Crippen LogP contribution in [0.5, 0.6) is 0 Å². The zero-order chi connectivity index (χ0) is 13.1. The summed E-state index contributed by atoms with van der Waals surface area (Å²) in [6, 6.07) is 3.75. The number of hydrogen-bond donors (Lipinski definition) is 0. The molecule has 0 aliphatic heterocycles. The van der Waals surface area contributed by atoms with Crippen LogP contribution in [0.2, 0.25) is 5.02 Å². The van der Waals surface area contributed by atoms with Crippen molar-refractivity contribution in [3.8, 4) is 0 Å². The van der Waals surface area contributed by atoms with Crippen LogP contribution in [0.25, 0.3) is 0 Å². The minimum absolute atomic E-state index is 0.0302. The molecule has 0 fully saturated rings. The van der Waals surface area contributed by atoms with Crippen LogP contribution < -0.4 is 0 Å². The van der Waals surface area contributed by atoms with E-state index in [1.165, 1.54) is 6.20 Å². The molecule has 0 saturated heterocycles. The summed E-state index contributed by atoms with van der Waals surface area (Å²) in [4.78, 5) is 16.2. The molecule has 0 saturated carbocycles. The summed E-state index contributed by atoms with van der Waals surface area (Å²) in [6.07, 6.45) is 5.16. The lowest BCUT2D eigenvalue weighted by molar-refractivity contribution is 0.0981. The minimum Gasteiger partial charge on any atom is -0.292 e. The average Bonchev–Trinajstić information content (AvgIpc) is 2.72. The number of carbonyl (C=O) groups excluding carboxylic acids is 1. The topological polar surface area (TPSA) is 47.8 Å². The van der Waals surface area contributed by atoms with E-state index in [0.29, 0.717) is 17.1 Å². The van der Waals surface area contributed by atoms with Crippen molar-refractivity contribution in [3.05, 3.63) is 47.0 Å². The number of rotatable bonds is 4. The number of nitrogens with zero attached hydrogens (tertiary/aromatic N) is 3. The fourth-order valence-corrected chi connectivity index (χ4v) is 2.00. The fraction of sp³-hybridized carbons (Fsp3) is 0.308. The quantitative estimate of drug-likeness (QED) is 0.797. The molecular weight excluding hydrogens is 250 g/mol. The standard InChI is InChI=1S/C13H14ClN3O/c1-9(2)17-13(11(14)8-16-17)12(18)7-10-3-5-15-6-4-10/h3-6,8-9H,7H2,1-2H3. The zero-order valence-corrected chi connectivity index (χ0v) is 11.1. The van der Waals surface area contributed by atoms with E-state index >= 15 is 0 Å². The summed E-state index contributed by atoms with van der Waals surface area (Å²) in [7, 11) is 0. The molecule has 2 aromatic heterocycles. The van der Waals surface area contributed by atoms with Crippen molar-refractivity contribution in [2.75, 3.05) is 0 Å². The zero-order valence-electron chi connectivity index (χ0n) is 10.3. The van der Waals surface area contributed by atoms with E-state index < -0.39 is 0 Å². The van der Waals surface area contributed by atoms with Crippen molar-refractivity contribution in [1.82, 2.24) is 14.8 Å². The van der Waals surface area contributed by atoms with Gasteiger partial charge in [-0.25, -0.2) is 0 Å². The van der Waals surface area contributed by atoms with Gasteiger partial charge in [-0.2, -0.15) is 5.10 Å². The van der Waals surface area contributed by atoms with E-state index in [1.807, 2.05) is 26.0 Å². The van der Waals surface area contributed by atoms with E-state index in [1.54, 1.807) is 17.1 Å². The Labute approximate surface area is 111 Å². The summed E-state index contributed by atoms with van der Waals surface area (Å²) in [5.74, 6) is -0.0302. The Balaban J connectivity index is 2.27. The third-order valence-corrected chi connectivity index (χ3v) is 2.89. The van der Waals surface area contributed by atoms with Crippen LogP contribution in [0.3, 0.4) is 0 Å². The maximum absolute atomic E-state index is 12.3. The Morgan fingerprint density at radius 1 is 1.39 bits per heavy atom. The Bertz CT molecular complexity index is 549. The third-order valence-electron chi connectivity index (χ3n) is 2.62. The Morgan fingerprint density at radius 3 is 2.67 bits per heavy atom. The molecule has 4 nitrogen and oxygen atoms in total. The number of carbonyl (C=O) groups is 1. The predicted octanol–water partition coefficient (Wildman–Crippen LogP) is 2.94. The smallest absolute Gasteiger partial charge is 0.186 e. The predicted molar refractivity (Wildman–Crippen MR) is 69.9 cm³/mol. The van der Waals surface area contributed by atoms with Crippen LogP contribution in [0, 0.1) is 0 Å². The lowest BCUT2D eigenvalue weighted by atomic mass is 10.1. The molecule has 0 atom stereocenters. The van der Waals surface area contributed by atoms with Gasteiger partial charge in [0.15, 0.2) is 5.78 Å². The SMILES string of the molecule is CC(C)n1ncc(Cl)c1C(=O)Cc1ccncc1. The highest BCUT2D eigenvalue weighted by molar-refractivity contribution is 6.33. The minimum atomic E-state index is -0.0302. The second kappa shape index (κ2) is 5.31. The highest BCUT2D eigenvalue weighted by Crippen LogP contribution is 2.20. The van der Waals surface area contributed by atoms with Crippen LogP contribution in [0.1, 0.15) is 35.9 Å². The van der Waals surface area contributed by atoms with Gasteiger partial charge in [-0.15, -0.1) is 0 Å². The molecule has 0 aliphatic carbocycles. The maximum Gasteiger partial charge on any atom is 0.186 e. The molecule has 2 aromatic rings. The first kappa shape index (κ1) is 12.8. The largest absolute Gasteiger partial charge is 0.292 e. The number of hydrogen-bond acceptors (Lipinski definition) is 3. The molecule has 5 heteroatoms. The van der Waals surface area contributed by atoms with Crippen molar-refractivity contribution < 1.29 is 4.79 Å². The first-order chi connectivity index (χ1) is 8.59. The van der Waals surface area contributed by atoms with Crippen molar-refractivity contribution >= 4 is 17.4 Å². The normalized spacial score (nSPS) is 10.9. The van der Waals surface area contributed by atoms with Gasteiger partial charge in [0, 0.05) is 24.9 Å². The summed E-state index contributed by atoms with van der Waals surface area (Å²) < 4.78 is 1.66. The Kier molecular flexibility index (Phi) is 3.77. The monoisotopic (exact) mass is 263 g/mol. The Hall–Kier alpha value is -1.68. The number of halogens is 1. The van der Waals surface area contributed by atoms with Crippen LogP contribution in [-0.4, -0.2) is 20.5 Å². The molecule has 0 unspecified atom stereocenters. The average molecular weight is 264 g/mol. The molecule has 0 amide bonds. The molecule has 18 heavy (non-hydrogen) atoms. The molecule has 0 bridgehead atoms. The van der Waals surface area contributed by atoms with Gasteiger partial charge >= 0.3 is 0 Å². The lowest BCUT2D eigenvalue weighted by Crippen LogP contribution is -2.14. The van der Waals surface area contributed by atoms with Gasteiger partial charge in [-0.05, 0) is 31.5 Å². The van der Waals surface area contributed by atoms with Gasteiger partial charge in [0.1, 0.15) is 5.69 Å². The molecule has 2 rings (SSSR count). The van der Waals surface area contributed by atoms with Crippen molar-refractivity contribution in [2.45, 2.75) is 26.3 Å². The molecular formula is C13H14ClN3O. The van der Waals surface area contributed by atoms with Gasteiger partial charge < -0.3 is 0 Å². The van der Waals surface area contributed by atoms with Gasteiger partial charge in [0.25, 0.3) is 0 Å². The second-order valence-electron chi connectivity index (χ2n) is 4.33. The van der Waals surface area contributed by atoms with Crippen LogP contribution >= 0.6 is 11.6 Å². The van der Waals surface area contributed by atoms with E-state index in [0.717, 1.165) is 5.56 Å². The summed E-state index contributed by atoms with van der Waals surface area (Å²) in [5.41, 5.74) is 1.39. The highest BCUT2D eigenvalue weighted by Gasteiger charge is 2.19. The highest BCUT2D eigenvalue weighted by atomic mass is 35.5. The number of aromatic nitrogens is 3. The molecule has 94 valence electrons. The molecule has 0 aromatic carbocycles. The number of ketones is 1. The Morgan fingerprint density at radius 2 is 2.06 bits per heavy atom. The van der Waals surface area contributed by atoms with Gasteiger partial charge in [0.2, 0.25) is 0 Å². The van der Waals surface area contributed by atoms with Crippen LogP contribution in [-0.2, 0) is 6.42 Å². The maximum atomic E-state index is 12.3. The van der Waals surface area contributed by atoms with E-state index in [-0.39, 0.29) is 11.8 Å². The van der Waals surface area contributed by atoms with Crippen LogP contribution in [0.15, 0.2) is 30.7 Å². The lowest BCUT2D eigenvalue weighted by Gasteiger charge is -2.10. The summed E-state index contributed by atoms with van der Waals surface area (Å²) in [6.45, 7) is 3.93. The second-order valence-corrected chi connectivity index (χ2v) is 4.74. The van der Waals surface area contributed by atoms with Crippen molar-refractivity contribution in [1.29, 1.82) is 0 Å². The summed E-state index contributed by atoms with van der Waals surface area (Å²) >= 11 is 6.03. The molecule has 0 radical (unpaired) electrons. The van der Waals surface area contributed by atoms with Gasteiger partial charge in [0.05, 0.1) is 11.2 Å².